The van der Waals surface area contributed by atoms with Gasteiger partial charge in [0.05, 0.1) is 6.85 Å². The van der Waals surface area contributed by atoms with Crippen LogP contribution in [0.25, 0.3) is 87.6 Å². The van der Waals surface area contributed by atoms with Crippen LogP contribution in [0.15, 0.2) is 182 Å². The Kier molecular flexibility index (Phi) is 5.12. The highest BCUT2D eigenvalue weighted by atomic mass is 14.2. The molecule has 0 aromatic heterocycles. The third-order valence-corrected chi connectivity index (χ3v) is 9.13. The number of fused-ring (bicyclic) bond motifs is 4. The second kappa shape index (κ2) is 10.9. The molecule has 0 aliphatic rings. The summed E-state index contributed by atoms with van der Waals surface area (Å²) in [5.41, 5.74) is 7.58. The van der Waals surface area contributed by atoms with E-state index in [2.05, 4.69) is 127 Å². The molecule has 0 saturated heterocycles. The van der Waals surface area contributed by atoms with Gasteiger partial charge in [0.2, 0.25) is 0 Å². The fourth-order valence-electron chi connectivity index (χ4n) is 6.97. The Morgan fingerprint density at radius 3 is 1.52 bits per heavy atom. The van der Waals surface area contributed by atoms with Crippen LogP contribution in [0.1, 0.15) is 6.85 Å². The summed E-state index contributed by atoms with van der Waals surface area (Å²) in [7, 11) is 0. The molecule has 9 aromatic carbocycles. The van der Waals surface area contributed by atoms with E-state index in [1.807, 2.05) is 24.3 Å². The predicted molar refractivity (Wildman–Crippen MR) is 198 cm³/mol. The summed E-state index contributed by atoms with van der Waals surface area (Å²) in [5, 5.41) is 9.33. The third-order valence-electron chi connectivity index (χ3n) is 9.13. The first-order valence-electron chi connectivity index (χ1n) is 18.0. The lowest BCUT2D eigenvalue weighted by Crippen LogP contribution is -1.92. The number of hydrogen-bond donors (Lipinski definition) is 0. The van der Waals surface area contributed by atoms with E-state index in [9.17, 15) is 0 Å². The Balaban J connectivity index is 1.25. The maximum Gasteiger partial charge on any atom is 0.0629 e. The van der Waals surface area contributed by atoms with Crippen LogP contribution in [0.4, 0.5) is 0 Å². The van der Waals surface area contributed by atoms with E-state index in [1.165, 1.54) is 43.8 Å². The molecule has 0 heteroatoms. The van der Waals surface area contributed by atoms with Crippen LogP contribution < -0.4 is 0 Å². The van der Waals surface area contributed by atoms with Gasteiger partial charge in [0.25, 0.3) is 0 Å². The van der Waals surface area contributed by atoms with Crippen molar-refractivity contribution in [3.8, 4) is 44.5 Å². The van der Waals surface area contributed by atoms with Crippen molar-refractivity contribution in [1.82, 2.24) is 0 Å². The molecular formula is C46H30. The van der Waals surface area contributed by atoms with Crippen molar-refractivity contribution in [2.45, 2.75) is 0 Å². The first-order chi connectivity index (χ1) is 24.9. The van der Waals surface area contributed by atoms with Gasteiger partial charge in [-0.15, -0.1) is 0 Å². The molecule has 9 aromatic rings. The van der Waals surface area contributed by atoms with E-state index < -0.39 is 0 Å². The lowest BCUT2D eigenvalue weighted by Gasteiger charge is -2.19. The molecule has 0 fully saturated rings. The van der Waals surface area contributed by atoms with Gasteiger partial charge in [-0.3, -0.25) is 0 Å². The van der Waals surface area contributed by atoms with Gasteiger partial charge < -0.3 is 0 Å². The maximum atomic E-state index is 8.49. The van der Waals surface area contributed by atoms with E-state index in [0.29, 0.717) is 5.56 Å². The van der Waals surface area contributed by atoms with E-state index in [0.717, 1.165) is 32.7 Å². The summed E-state index contributed by atoms with van der Waals surface area (Å²) in [6.07, 6.45) is 0. The van der Waals surface area contributed by atoms with Gasteiger partial charge in [-0.25, -0.2) is 0 Å². The zero-order valence-corrected chi connectivity index (χ0v) is 24.9. The third kappa shape index (κ3) is 4.38. The van der Waals surface area contributed by atoms with Crippen LogP contribution in [0.2, 0.25) is 0 Å². The maximum absolute atomic E-state index is 8.49. The fraction of sp³-hybridized carbons (Fsp3) is 0. The average Bonchev–Trinajstić information content (AvgIpc) is 3.18. The SMILES string of the molecule is [2H]c1c([2H])c([2H])c(-c2ccc(-c3c4ccccc4c(-c4cccc5ccc(-c6ccc7ccccc7c6)cc45)c4ccccc34)cc2)c([2H])c1[2H]. The molecule has 0 amide bonds. The predicted octanol–water partition coefficient (Wildman–Crippen LogP) is 13.0. The Morgan fingerprint density at radius 2 is 0.826 bits per heavy atom. The van der Waals surface area contributed by atoms with Gasteiger partial charge in [0, 0.05) is 0 Å². The average molecular weight is 588 g/mol. The molecular weight excluding hydrogens is 553 g/mol. The van der Waals surface area contributed by atoms with Gasteiger partial charge in [0.15, 0.2) is 0 Å². The minimum absolute atomic E-state index is 0.201. The zero-order valence-electron chi connectivity index (χ0n) is 29.9. The van der Waals surface area contributed by atoms with Crippen molar-refractivity contribution in [1.29, 1.82) is 0 Å². The molecule has 0 radical (unpaired) electrons. The molecule has 214 valence electrons. The van der Waals surface area contributed by atoms with Crippen LogP contribution in [0.3, 0.4) is 0 Å². The molecule has 0 aliphatic carbocycles. The quantitative estimate of drug-likeness (QED) is 0.180. The monoisotopic (exact) mass is 587 g/mol. The number of benzene rings is 9. The Hall–Kier alpha value is -5.98. The first-order valence-corrected chi connectivity index (χ1v) is 15.5. The second-order valence-electron chi connectivity index (χ2n) is 11.7. The van der Waals surface area contributed by atoms with Gasteiger partial charge in [-0.05, 0) is 99.7 Å². The lowest BCUT2D eigenvalue weighted by molar-refractivity contribution is 1.61. The fourth-order valence-corrected chi connectivity index (χ4v) is 6.97. The summed E-state index contributed by atoms with van der Waals surface area (Å²) < 4.78 is 41.3. The minimum Gasteiger partial charge on any atom is -0.0622 e. The summed E-state index contributed by atoms with van der Waals surface area (Å²) in [4.78, 5) is 0. The molecule has 0 bridgehead atoms. The van der Waals surface area contributed by atoms with Crippen molar-refractivity contribution in [3.63, 3.8) is 0 Å². The first kappa shape index (κ1) is 21.7. The van der Waals surface area contributed by atoms with Gasteiger partial charge in [-0.1, -0.05) is 170 Å². The van der Waals surface area contributed by atoms with Crippen LogP contribution >= 0.6 is 0 Å². The van der Waals surface area contributed by atoms with Gasteiger partial charge in [0.1, 0.15) is 0 Å². The Bertz CT molecular complexity index is 2770. The molecule has 0 unspecified atom stereocenters. The smallest absolute Gasteiger partial charge is 0.0622 e. The van der Waals surface area contributed by atoms with Crippen molar-refractivity contribution >= 4 is 43.1 Å². The largest absolute Gasteiger partial charge is 0.0629 e. The van der Waals surface area contributed by atoms with Crippen LogP contribution in [0, 0.1) is 0 Å². The zero-order chi connectivity index (χ0) is 34.8. The molecule has 0 atom stereocenters. The summed E-state index contributed by atoms with van der Waals surface area (Å²) in [6, 6.07) is 51.8. The van der Waals surface area contributed by atoms with E-state index in [1.54, 1.807) is 0 Å². The van der Waals surface area contributed by atoms with Gasteiger partial charge in [-0.2, -0.15) is 0 Å². The summed E-state index contributed by atoms with van der Waals surface area (Å²) in [6.45, 7) is 0. The molecule has 0 N–H and O–H groups in total. The van der Waals surface area contributed by atoms with Crippen LogP contribution in [0.5, 0.6) is 0 Å². The van der Waals surface area contributed by atoms with Crippen LogP contribution in [-0.4, -0.2) is 0 Å². The van der Waals surface area contributed by atoms with Crippen molar-refractivity contribution in [2.75, 3.05) is 0 Å². The lowest BCUT2D eigenvalue weighted by atomic mass is 9.84. The molecule has 46 heavy (non-hydrogen) atoms. The molecule has 0 spiro atoms. The topological polar surface area (TPSA) is 0 Å². The number of hydrogen-bond acceptors (Lipinski definition) is 0. The van der Waals surface area contributed by atoms with Gasteiger partial charge >= 0.3 is 0 Å². The molecule has 9 rings (SSSR count). The summed E-state index contributed by atoms with van der Waals surface area (Å²) >= 11 is 0. The highest BCUT2D eigenvalue weighted by Gasteiger charge is 2.18. The van der Waals surface area contributed by atoms with E-state index >= 15 is 0 Å². The van der Waals surface area contributed by atoms with E-state index in [4.69, 9.17) is 6.85 Å². The molecule has 0 nitrogen and oxygen atoms in total. The molecule has 0 saturated carbocycles. The molecule has 0 aliphatic heterocycles. The molecule has 0 heterocycles. The summed E-state index contributed by atoms with van der Waals surface area (Å²) in [5.74, 6) is 0. The Labute approximate surface area is 275 Å². The van der Waals surface area contributed by atoms with Crippen LogP contribution in [-0.2, 0) is 0 Å². The highest BCUT2D eigenvalue weighted by molar-refractivity contribution is 6.23. The number of rotatable bonds is 4. The van der Waals surface area contributed by atoms with Crippen molar-refractivity contribution in [3.05, 3.63) is 182 Å². The normalized spacial score (nSPS) is 13.0. The minimum atomic E-state index is -0.389. The van der Waals surface area contributed by atoms with E-state index in [-0.39, 0.29) is 35.8 Å². The highest BCUT2D eigenvalue weighted by Crippen LogP contribution is 2.46. The van der Waals surface area contributed by atoms with Crippen molar-refractivity contribution < 1.29 is 6.85 Å². The standard InChI is InChI=1S/C46H30/c1-2-11-31(12-3-1)33-21-25-35(26-22-33)45-39-16-6-8-18-41(39)46(42-19-9-7-17-40(42)45)43-20-10-15-34-24-28-38(30-44(34)43)37-27-23-32-13-4-5-14-36(32)29-37/h1-30H/i1D,2D,3D,11D,12D. The second-order valence-corrected chi connectivity index (χ2v) is 11.7. The van der Waals surface area contributed by atoms with Crippen molar-refractivity contribution in [2.24, 2.45) is 0 Å². The Morgan fingerprint density at radius 1 is 0.304 bits per heavy atom.